The van der Waals surface area contributed by atoms with Gasteiger partial charge in [-0.1, -0.05) is 11.6 Å². The summed E-state index contributed by atoms with van der Waals surface area (Å²) in [4.78, 5) is 34.3. The van der Waals surface area contributed by atoms with E-state index >= 15 is 0 Å². The first-order chi connectivity index (χ1) is 7.99. The molecule has 5 nitrogen and oxygen atoms in total. The number of halogens is 1. The molecule has 0 aromatic heterocycles. The number of carbonyl (C=O) groups excluding carboxylic acids is 2. The van der Waals surface area contributed by atoms with Crippen LogP contribution in [0.15, 0.2) is 18.2 Å². The van der Waals surface area contributed by atoms with Gasteiger partial charge >= 0.3 is 5.97 Å². The number of aliphatic carboxylic acids is 1. The number of hydrogen-bond donors (Lipinski definition) is 2. The molecule has 0 spiro atoms. The van der Waals surface area contributed by atoms with Gasteiger partial charge < -0.3 is 10.4 Å². The predicted octanol–water partition coefficient (Wildman–Crippen LogP) is 1.57. The van der Waals surface area contributed by atoms with Crippen LogP contribution in [0.3, 0.4) is 0 Å². The number of hydrogen-bond acceptors (Lipinski definition) is 3. The highest BCUT2D eigenvalue weighted by Crippen LogP contribution is 2.28. The predicted molar refractivity (Wildman–Crippen MR) is 60.2 cm³/mol. The van der Waals surface area contributed by atoms with E-state index in [2.05, 4.69) is 5.32 Å². The first-order valence-corrected chi connectivity index (χ1v) is 5.23. The maximum absolute atomic E-state index is 11.9. The minimum Gasteiger partial charge on any atom is -0.481 e. The number of amides is 1. The molecule has 0 fully saturated rings. The van der Waals surface area contributed by atoms with Crippen LogP contribution in [0.4, 0.5) is 5.69 Å². The van der Waals surface area contributed by atoms with Crippen molar-refractivity contribution < 1.29 is 19.5 Å². The van der Waals surface area contributed by atoms with E-state index in [1.54, 1.807) is 0 Å². The molecular formula is C11H8ClNO4. The number of carboxylic acids is 1. The number of benzene rings is 1. The maximum atomic E-state index is 11.9. The number of fused-ring (bicyclic) bond motifs is 1. The fraction of sp³-hybridized carbons (Fsp3) is 0.182. The van der Waals surface area contributed by atoms with E-state index in [1.807, 2.05) is 0 Å². The summed E-state index contributed by atoms with van der Waals surface area (Å²) in [6, 6.07) is 4.33. The molecule has 1 heterocycles. The summed E-state index contributed by atoms with van der Waals surface area (Å²) in [5.41, 5.74) is 0.434. The minimum atomic E-state index is -1.34. The third-order valence-corrected chi connectivity index (χ3v) is 2.76. The first-order valence-electron chi connectivity index (χ1n) is 4.85. The van der Waals surface area contributed by atoms with E-state index in [9.17, 15) is 14.4 Å². The van der Waals surface area contributed by atoms with Crippen LogP contribution in [-0.2, 0) is 9.59 Å². The quantitative estimate of drug-likeness (QED) is 0.744. The maximum Gasteiger partial charge on any atom is 0.314 e. The van der Waals surface area contributed by atoms with E-state index < -0.39 is 23.6 Å². The molecule has 1 aliphatic heterocycles. The topological polar surface area (TPSA) is 83.5 Å². The van der Waals surface area contributed by atoms with Crippen LogP contribution in [0.5, 0.6) is 0 Å². The SMILES string of the molecule is O=C1CC(C(=O)O)C(=O)c2ccc(Cl)cc2N1. The van der Waals surface area contributed by atoms with Crippen molar-refractivity contribution in [3.05, 3.63) is 28.8 Å². The molecule has 1 aliphatic rings. The fourth-order valence-electron chi connectivity index (χ4n) is 1.70. The summed E-state index contributed by atoms with van der Waals surface area (Å²) >= 11 is 5.75. The zero-order chi connectivity index (χ0) is 12.6. The van der Waals surface area contributed by atoms with Crippen LogP contribution in [0.25, 0.3) is 0 Å². The Morgan fingerprint density at radius 3 is 2.76 bits per heavy atom. The largest absolute Gasteiger partial charge is 0.481 e. The van der Waals surface area contributed by atoms with Crippen molar-refractivity contribution in [2.45, 2.75) is 6.42 Å². The Labute approximate surface area is 101 Å². The van der Waals surface area contributed by atoms with E-state index in [-0.39, 0.29) is 17.7 Å². The van der Waals surface area contributed by atoms with Crippen LogP contribution >= 0.6 is 11.6 Å². The van der Waals surface area contributed by atoms with Gasteiger partial charge in [-0.15, -0.1) is 0 Å². The van der Waals surface area contributed by atoms with E-state index in [4.69, 9.17) is 16.7 Å². The van der Waals surface area contributed by atoms with Crippen LogP contribution in [0, 0.1) is 5.92 Å². The second-order valence-electron chi connectivity index (χ2n) is 3.70. The van der Waals surface area contributed by atoms with Gasteiger partial charge in [-0.2, -0.15) is 0 Å². The van der Waals surface area contributed by atoms with Gasteiger partial charge in [0, 0.05) is 17.0 Å². The van der Waals surface area contributed by atoms with Gasteiger partial charge in [-0.25, -0.2) is 0 Å². The molecule has 0 saturated heterocycles. The van der Waals surface area contributed by atoms with Gasteiger partial charge in [0.05, 0.1) is 5.69 Å². The Morgan fingerprint density at radius 2 is 2.12 bits per heavy atom. The highest BCUT2D eigenvalue weighted by Gasteiger charge is 2.34. The van der Waals surface area contributed by atoms with Crippen molar-refractivity contribution in [2.24, 2.45) is 5.92 Å². The molecule has 1 unspecified atom stereocenters. The molecule has 0 bridgehead atoms. The molecule has 2 rings (SSSR count). The van der Waals surface area contributed by atoms with E-state index in [0.29, 0.717) is 5.02 Å². The molecule has 17 heavy (non-hydrogen) atoms. The van der Waals surface area contributed by atoms with Crippen LogP contribution in [0.1, 0.15) is 16.8 Å². The average Bonchev–Trinajstić information content (AvgIpc) is 2.35. The first kappa shape index (κ1) is 11.6. The minimum absolute atomic E-state index is 0.174. The average molecular weight is 254 g/mol. The number of carboxylic acid groups (broad SMARTS) is 1. The summed E-state index contributed by atoms with van der Waals surface area (Å²) in [7, 11) is 0. The molecule has 2 N–H and O–H groups in total. The summed E-state index contributed by atoms with van der Waals surface area (Å²) < 4.78 is 0. The lowest BCUT2D eigenvalue weighted by Gasteiger charge is -2.07. The Hall–Kier alpha value is -1.88. The monoisotopic (exact) mass is 253 g/mol. The molecule has 0 radical (unpaired) electrons. The summed E-state index contributed by atoms with van der Waals surface area (Å²) in [6.45, 7) is 0. The lowest BCUT2D eigenvalue weighted by atomic mass is 9.95. The van der Waals surface area contributed by atoms with Crippen molar-refractivity contribution in [1.29, 1.82) is 0 Å². The zero-order valence-electron chi connectivity index (χ0n) is 8.57. The molecule has 6 heteroatoms. The van der Waals surface area contributed by atoms with Crippen molar-refractivity contribution in [3.63, 3.8) is 0 Å². The third-order valence-electron chi connectivity index (χ3n) is 2.53. The number of ketones is 1. The molecular weight excluding hydrogens is 246 g/mol. The van der Waals surface area contributed by atoms with Gasteiger partial charge in [0.15, 0.2) is 5.78 Å². The molecule has 88 valence electrons. The number of anilines is 1. The van der Waals surface area contributed by atoms with Crippen molar-refractivity contribution >= 4 is 34.9 Å². The Morgan fingerprint density at radius 1 is 1.41 bits per heavy atom. The van der Waals surface area contributed by atoms with Gasteiger partial charge in [0.2, 0.25) is 5.91 Å². The van der Waals surface area contributed by atoms with Gasteiger partial charge in [-0.05, 0) is 18.2 Å². The summed E-state index contributed by atoms with van der Waals surface area (Å²) in [6.07, 6.45) is -0.361. The second-order valence-corrected chi connectivity index (χ2v) is 4.13. The lowest BCUT2D eigenvalue weighted by Crippen LogP contribution is -2.25. The van der Waals surface area contributed by atoms with Crippen molar-refractivity contribution in [3.8, 4) is 0 Å². The van der Waals surface area contributed by atoms with E-state index in [1.165, 1.54) is 18.2 Å². The standard InChI is InChI=1S/C11H8ClNO4/c12-5-1-2-6-8(3-5)13-9(14)4-7(10(6)15)11(16)17/h1-3,7H,4H2,(H,13,14)(H,16,17). The highest BCUT2D eigenvalue weighted by atomic mass is 35.5. The summed E-state index contributed by atoms with van der Waals surface area (Å²) in [5, 5.41) is 11.7. The van der Waals surface area contributed by atoms with Gasteiger partial charge in [-0.3, -0.25) is 14.4 Å². The smallest absolute Gasteiger partial charge is 0.314 e. The number of rotatable bonds is 1. The van der Waals surface area contributed by atoms with Gasteiger partial charge in [0.25, 0.3) is 0 Å². The van der Waals surface area contributed by atoms with Crippen LogP contribution in [-0.4, -0.2) is 22.8 Å². The molecule has 1 amide bonds. The van der Waals surface area contributed by atoms with Crippen LogP contribution in [0.2, 0.25) is 5.02 Å². The third kappa shape index (κ3) is 2.14. The van der Waals surface area contributed by atoms with Crippen molar-refractivity contribution in [2.75, 3.05) is 5.32 Å². The van der Waals surface area contributed by atoms with Crippen molar-refractivity contribution in [1.82, 2.24) is 0 Å². The number of Topliss-reactive ketones (excluding diaryl/α,β-unsaturated/α-hetero) is 1. The van der Waals surface area contributed by atoms with Crippen LogP contribution < -0.4 is 5.32 Å². The Kier molecular flexibility index (Phi) is 2.85. The zero-order valence-corrected chi connectivity index (χ0v) is 9.32. The Bertz CT molecular complexity index is 526. The molecule has 1 aromatic rings. The second kappa shape index (κ2) is 4.18. The molecule has 0 saturated carbocycles. The highest BCUT2D eigenvalue weighted by molar-refractivity contribution is 6.31. The lowest BCUT2D eigenvalue weighted by molar-refractivity contribution is -0.141. The van der Waals surface area contributed by atoms with E-state index in [0.717, 1.165) is 0 Å². The molecule has 1 aromatic carbocycles. The fourth-order valence-corrected chi connectivity index (χ4v) is 1.87. The molecule has 0 aliphatic carbocycles. The number of carbonyl (C=O) groups is 3. The van der Waals surface area contributed by atoms with Gasteiger partial charge in [0.1, 0.15) is 5.92 Å². The normalized spacial score (nSPS) is 19.2. The number of nitrogens with one attached hydrogen (secondary N) is 1. The molecule has 1 atom stereocenters. The Balaban J connectivity index is 2.53. The summed E-state index contributed by atoms with van der Waals surface area (Å²) in [5.74, 6) is -3.72.